The van der Waals surface area contributed by atoms with Crippen molar-refractivity contribution in [3.8, 4) is 17.2 Å². The van der Waals surface area contributed by atoms with Crippen LogP contribution in [0.15, 0.2) is 23.5 Å². The van der Waals surface area contributed by atoms with Crippen LogP contribution < -0.4 is 19.5 Å². The van der Waals surface area contributed by atoms with Gasteiger partial charge in [-0.05, 0) is 45.4 Å². The van der Waals surface area contributed by atoms with Crippen molar-refractivity contribution in [2.24, 2.45) is 0 Å². The average molecular weight is 393 g/mol. The van der Waals surface area contributed by atoms with E-state index in [0.29, 0.717) is 22.8 Å². The second kappa shape index (κ2) is 7.61. The molecule has 8 nitrogen and oxygen atoms in total. The van der Waals surface area contributed by atoms with Crippen molar-refractivity contribution < 1.29 is 33.6 Å². The predicted octanol–water partition coefficient (Wildman–Crippen LogP) is 2.30. The molecular weight excluding hydrogens is 366 g/mol. The largest absolute Gasteiger partial charge is 0.507 e. The summed E-state index contributed by atoms with van der Waals surface area (Å²) in [6.45, 7) is 6.75. The Labute approximate surface area is 164 Å². The van der Waals surface area contributed by atoms with Crippen molar-refractivity contribution in [1.82, 2.24) is 5.32 Å². The first kappa shape index (κ1) is 21.4. The Morgan fingerprint density at radius 3 is 2.11 bits per heavy atom. The summed E-state index contributed by atoms with van der Waals surface area (Å²) in [4.78, 5) is 25.0. The van der Waals surface area contributed by atoms with Crippen molar-refractivity contribution in [2.75, 3.05) is 21.3 Å². The molecule has 1 unspecified atom stereocenters. The minimum atomic E-state index is -1.78. The van der Waals surface area contributed by atoms with Crippen molar-refractivity contribution in [1.29, 1.82) is 0 Å². The van der Waals surface area contributed by atoms with E-state index in [-0.39, 0.29) is 12.0 Å². The lowest BCUT2D eigenvalue weighted by Gasteiger charge is -2.28. The van der Waals surface area contributed by atoms with Crippen LogP contribution in [0, 0.1) is 0 Å². The summed E-state index contributed by atoms with van der Waals surface area (Å²) < 4.78 is 21.1. The van der Waals surface area contributed by atoms with E-state index in [1.165, 1.54) is 28.3 Å². The van der Waals surface area contributed by atoms with Gasteiger partial charge in [-0.1, -0.05) is 0 Å². The number of hydrogen-bond donors (Lipinski definition) is 2. The molecule has 1 aliphatic rings. The number of esters is 1. The van der Waals surface area contributed by atoms with E-state index >= 15 is 0 Å². The Morgan fingerprint density at radius 2 is 1.68 bits per heavy atom. The number of hydrogen-bond acceptors (Lipinski definition) is 7. The standard InChI is InChI=1S/C20H27NO7/c1-19(2,3)21-18(24)20(4)16(22)12(17(23)28-20)8-11-9-13(25-5)15(27-7)14(10-11)26-6/h9-10,22H,8H2,1-7H3,(H,21,24). The number of amides is 1. The molecule has 1 amide bonds. The van der Waals surface area contributed by atoms with Crippen LogP contribution in [0.25, 0.3) is 0 Å². The Morgan fingerprint density at radius 1 is 1.14 bits per heavy atom. The lowest BCUT2D eigenvalue weighted by molar-refractivity contribution is -0.158. The molecule has 0 bridgehead atoms. The smallest absolute Gasteiger partial charge is 0.339 e. The minimum Gasteiger partial charge on any atom is -0.507 e. The predicted molar refractivity (Wildman–Crippen MR) is 102 cm³/mol. The Hall–Kier alpha value is -2.90. The SMILES string of the molecule is COc1cc(CC2=C(O)C(C)(C(=O)NC(C)(C)C)OC2=O)cc(OC)c1OC. The number of aliphatic hydroxyl groups is 1. The molecule has 1 aromatic rings. The van der Waals surface area contributed by atoms with Gasteiger partial charge in [0.15, 0.2) is 17.3 Å². The number of nitrogens with one attached hydrogen (secondary N) is 1. The Bertz CT molecular complexity index is 797. The fraction of sp³-hybridized carbons (Fsp3) is 0.500. The first-order valence-corrected chi connectivity index (χ1v) is 8.74. The number of ether oxygens (including phenoxy) is 4. The molecule has 28 heavy (non-hydrogen) atoms. The highest BCUT2D eigenvalue weighted by Crippen LogP contribution is 2.40. The van der Waals surface area contributed by atoms with Gasteiger partial charge in [-0.2, -0.15) is 0 Å². The molecule has 1 aliphatic heterocycles. The number of aliphatic hydroxyl groups excluding tert-OH is 1. The van der Waals surface area contributed by atoms with Crippen molar-refractivity contribution in [3.63, 3.8) is 0 Å². The fourth-order valence-corrected chi connectivity index (χ4v) is 2.89. The van der Waals surface area contributed by atoms with Crippen LogP contribution in [0.1, 0.15) is 33.3 Å². The third-order valence-electron chi connectivity index (χ3n) is 4.31. The van der Waals surface area contributed by atoms with E-state index in [1.807, 2.05) is 0 Å². The van der Waals surface area contributed by atoms with Crippen LogP contribution in [0.4, 0.5) is 0 Å². The lowest BCUT2D eigenvalue weighted by Crippen LogP contribution is -2.52. The number of carbonyl (C=O) groups excluding carboxylic acids is 2. The van der Waals surface area contributed by atoms with Gasteiger partial charge in [-0.25, -0.2) is 4.79 Å². The van der Waals surface area contributed by atoms with E-state index in [0.717, 1.165) is 0 Å². The first-order chi connectivity index (χ1) is 13.0. The summed E-state index contributed by atoms with van der Waals surface area (Å²) in [5.74, 6) is -0.514. The van der Waals surface area contributed by atoms with E-state index in [2.05, 4.69) is 5.32 Å². The molecule has 1 atom stereocenters. The van der Waals surface area contributed by atoms with Crippen LogP contribution in [0.3, 0.4) is 0 Å². The Balaban J connectivity index is 2.41. The first-order valence-electron chi connectivity index (χ1n) is 8.74. The topological polar surface area (TPSA) is 103 Å². The third kappa shape index (κ3) is 4.00. The average Bonchev–Trinajstić information content (AvgIpc) is 2.83. The summed E-state index contributed by atoms with van der Waals surface area (Å²) in [7, 11) is 4.45. The summed E-state index contributed by atoms with van der Waals surface area (Å²) in [5.41, 5.74) is -1.71. The van der Waals surface area contributed by atoms with Gasteiger partial charge in [0.2, 0.25) is 11.4 Å². The molecule has 0 saturated carbocycles. The normalized spacial score (nSPS) is 19.3. The highest BCUT2D eigenvalue weighted by molar-refractivity contribution is 6.01. The van der Waals surface area contributed by atoms with Gasteiger partial charge in [0.05, 0.1) is 26.9 Å². The van der Waals surface area contributed by atoms with E-state index in [4.69, 9.17) is 18.9 Å². The molecule has 0 spiro atoms. The van der Waals surface area contributed by atoms with Crippen molar-refractivity contribution in [2.45, 2.75) is 45.3 Å². The van der Waals surface area contributed by atoms with E-state index in [1.54, 1.807) is 32.9 Å². The van der Waals surface area contributed by atoms with Crippen molar-refractivity contribution >= 4 is 11.9 Å². The number of methoxy groups -OCH3 is 3. The quantitative estimate of drug-likeness (QED) is 0.715. The van der Waals surface area contributed by atoms with E-state index in [9.17, 15) is 14.7 Å². The highest BCUT2D eigenvalue weighted by atomic mass is 16.6. The molecule has 0 fully saturated rings. The summed E-state index contributed by atoms with van der Waals surface area (Å²) in [6.07, 6.45) is 0.0275. The van der Waals surface area contributed by atoms with Gasteiger partial charge in [-0.15, -0.1) is 0 Å². The summed E-state index contributed by atoms with van der Waals surface area (Å²) in [5, 5.41) is 13.4. The van der Waals surface area contributed by atoms with Crippen LogP contribution in [-0.4, -0.2) is 49.5 Å². The van der Waals surface area contributed by atoms with Crippen LogP contribution >= 0.6 is 0 Å². The van der Waals surface area contributed by atoms with Gasteiger partial charge < -0.3 is 29.4 Å². The molecular formula is C20H27NO7. The molecule has 2 rings (SSSR count). The Kier molecular flexibility index (Phi) is 5.82. The molecule has 0 aromatic heterocycles. The monoisotopic (exact) mass is 393 g/mol. The second-order valence-electron chi connectivity index (χ2n) is 7.66. The molecule has 154 valence electrons. The maximum atomic E-state index is 12.6. The molecule has 0 aliphatic carbocycles. The number of carbonyl (C=O) groups is 2. The van der Waals surface area contributed by atoms with Crippen molar-refractivity contribution in [3.05, 3.63) is 29.0 Å². The lowest BCUT2D eigenvalue weighted by atomic mass is 9.96. The molecule has 1 aromatic carbocycles. The summed E-state index contributed by atoms with van der Waals surface area (Å²) >= 11 is 0. The maximum absolute atomic E-state index is 12.6. The minimum absolute atomic E-state index is 0.000771. The molecule has 0 radical (unpaired) electrons. The number of benzene rings is 1. The zero-order valence-corrected chi connectivity index (χ0v) is 17.3. The van der Waals surface area contributed by atoms with Gasteiger partial charge in [0.1, 0.15) is 0 Å². The molecule has 1 heterocycles. The molecule has 2 N–H and O–H groups in total. The maximum Gasteiger partial charge on any atom is 0.339 e. The highest BCUT2D eigenvalue weighted by Gasteiger charge is 2.51. The second-order valence-corrected chi connectivity index (χ2v) is 7.66. The third-order valence-corrected chi connectivity index (χ3v) is 4.31. The zero-order chi connectivity index (χ0) is 21.3. The van der Waals surface area contributed by atoms with Crippen LogP contribution in [0.5, 0.6) is 17.2 Å². The van der Waals surface area contributed by atoms with E-state index < -0.39 is 28.8 Å². The number of cyclic esters (lactones) is 1. The van der Waals surface area contributed by atoms with Crippen LogP contribution in [-0.2, 0) is 20.7 Å². The summed E-state index contributed by atoms with van der Waals surface area (Å²) in [6, 6.07) is 3.33. The molecule has 8 heteroatoms. The van der Waals surface area contributed by atoms with Gasteiger partial charge >= 0.3 is 5.97 Å². The molecule has 0 saturated heterocycles. The van der Waals surface area contributed by atoms with Crippen LogP contribution in [0.2, 0.25) is 0 Å². The number of rotatable bonds is 6. The fourth-order valence-electron chi connectivity index (χ4n) is 2.89. The van der Waals surface area contributed by atoms with Gasteiger partial charge in [0, 0.05) is 12.0 Å². The van der Waals surface area contributed by atoms with Gasteiger partial charge in [-0.3, -0.25) is 4.79 Å². The zero-order valence-electron chi connectivity index (χ0n) is 17.3. The van der Waals surface area contributed by atoms with Gasteiger partial charge in [0.25, 0.3) is 5.91 Å².